The number of aromatic carboxylic acids is 1. The lowest BCUT2D eigenvalue weighted by Gasteiger charge is -2.39. The number of carboxylic acid groups (broad SMARTS) is 1. The van der Waals surface area contributed by atoms with Gasteiger partial charge in [-0.15, -0.1) is 11.3 Å². The van der Waals surface area contributed by atoms with Gasteiger partial charge in [0.15, 0.2) is 0 Å². The minimum absolute atomic E-state index is 0.0357. The molecule has 1 N–H and O–H groups in total. The zero-order chi connectivity index (χ0) is 27.7. The zero-order valence-corrected chi connectivity index (χ0v) is 24.3. The smallest absolute Gasteiger partial charge is 0.348 e. The molecule has 2 aliphatic rings. The van der Waals surface area contributed by atoms with Crippen LogP contribution in [0.15, 0.2) is 42.6 Å². The van der Waals surface area contributed by atoms with Gasteiger partial charge in [-0.2, -0.15) is 0 Å². The number of anilines is 1. The Morgan fingerprint density at radius 1 is 1.00 bits per heavy atom. The van der Waals surface area contributed by atoms with Crippen molar-refractivity contribution < 1.29 is 19.4 Å². The summed E-state index contributed by atoms with van der Waals surface area (Å²) in [4.78, 5) is 34.2. The van der Waals surface area contributed by atoms with Crippen molar-refractivity contribution in [2.45, 2.75) is 96.6 Å². The van der Waals surface area contributed by atoms with Gasteiger partial charge in [0.1, 0.15) is 10.6 Å². The molecule has 0 bridgehead atoms. The maximum atomic E-state index is 14.2. The van der Waals surface area contributed by atoms with Crippen LogP contribution in [0.4, 0.5) is 5.69 Å². The third-order valence-corrected chi connectivity index (χ3v) is 9.96. The van der Waals surface area contributed by atoms with Gasteiger partial charge in [-0.3, -0.25) is 9.78 Å². The lowest BCUT2D eigenvalue weighted by Crippen LogP contribution is -2.47. The maximum Gasteiger partial charge on any atom is 0.348 e. The number of hydrogen-bond donors (Lipinski definition) is 1. The number of benzene rings is 1. The molecule has 2 aliphatic carbocycles. The van der Waals surface area contributed by atoms with Gasteiger partial charge in [-0.1, -0.05) is 39.8 Å². The van der Waals surface area contributed by atoms with Crippen molar-refractivity contribution in [1.82, 2.24) is 4.98 Å². The summed E-state index contributed by atoms with van der Waals surface area (Å²) in [5.41, 5.74) is 1.31. The Kier molecular flexibility index (Phi) is 7.99. The Balaban J connectivity index is 1.40. The van der Waals surface area contributed by atoms with Crippen LogP contribution in [0.5, 0.6) is 5.75 Å². The van der Waals surface area contributed by atoms with Crippen molar-refractivity contribution in [2.24, 2.45) is 11.8 Å². The van der Waals surface area contributed by atoms with E-state index in [1.54, 1.807) is 6.20 Å². The number of rotatable bonds is 6. The lowest BCUT2D eigenvalue weighted by molar-refractivity contribution is -0.124. The predicted octanol–water partition coefficient (Wildman–Crippen LogP) is 7.84. The minimum atomic E-state index is -0.956. The number of amides is 1. The fraction of sp³-hybridized carbons (Fsp3) is 0.531. The van der Waals surface area contributed by atoms with Gasteiger partial charge in [0, 0.05) is 28.4 Å². The van der Waals surface area contributed by atoms with E-state index in [2.05, 4.69) is 32.7 Å². The van der Waals surface area contributed by atoms with Crippen LogP contribution < -0.4 is 9.64 Å². The summed E-state index contributed by atoms with van der Waals surface area (Å²) in [7, 11) is 0. The highest BCUT2D eigenvalue weighted by Gasteiger charge is 2.38. The molecule has 208 valence electrons. The van der Waals surface area contributed by atoms with E-state index in [9.17, 15) is 14.7 Å². The second-order valence-electron chi connectivity index (χ2n) is 12.4. The van der Waals surface area contributed by atoms with E-state index < -0.39 is 5.97 Å². The van der Waals surface area contributed by atoms with Crippen LogP contribution in [0.2, 0.25) is 0 Å². The number of hydrogen-bond acceptors (Lipinski definition) is 5. The average Bonchev–Trinajstić information content (AvgIpc) is 3.37. The van der Waals surface area contributed by atoms with Crippen molar-refractivity contribution in [3.05, 3.63) is 52.3 Å². The number of para-hydroxylation sites is 1. The van der Waals surface area contributed by atoms with Gasteiger partial charge >= 0.3 is 5.97 Å². The summed E-state index contributed by atoms with van der Waals surface area (Å²) in [6.07, 6.45) is 8.87. The molecule has 6 nitrogen and oxygen atoms in total. The molecule has 2 aromatic heterocycles. The van der Waals surface area contributed by atoms with E-state index in [-0.39, 0.29) is 34.3 Å². The molecule has 0 unspecified atom stereocenters. The van der Waals surface area contributed by atoms with Crippen molar-refractivity contribution >= 4 is 39.8 Å². The third-order valence-electron chi connectivity index (χ3n) is 8.42. The molecule has 2 fully saturated rings. The van der Waals surface area contributed by atoms with Crippen LogP contribution in [-0.4, -0.2) is 34.1 Å². The highest BCUT2D eigenvalue weighted by atomic mass is 32.1. The van der Waals surface area contributed by atoms with Crippen LogP contribution in [0, 0.1) is 11.8 Å². The Bertz CT molecular complexity index is 1320. The maximum absolute atomic E-state index is 14.2. The van der Waals surface area contributed by atoms with Crippen LogP contribution in [0.1, 0.15) is 93.6 Å². The molecule has 0 aliphatic heterocycles. The average molecular weight is 549 g/mol. The second-order valence-corrected chi connectivity index (χ2v) is 13.5. The number of carbonyl (C=O) groups is 2. The highest BCUT2D eigenvalue weighted by Crippen LogP contribution is 2.42. The molecule has 1 aromatic carbocycles. The molecule has 1 amide bonds. The van der Waals surface area contributed by atoms with Gasteiger partial charge in [0.05, 0.1) is 17.3 Å². The molecule has 5 rings (SSSR count). The first kappa shape index (κ1) is 27.6. The van der Waals surface area contributed by atoms with Gasteiger partial charge in [0.2, 0.25) is 5.91 Å². The standard InChI is InChI=1S/C32H40N2O4S/c1-20-9-11-21(12-10-20)30(35)34(26-19-28(32(2,3)4)39-29(26)31(36)37)22-13-15-23(16-14-22)38-27-17-18-33-25-8-6-5-7-24(25)27/h5-8,17-23H,9-16H2,1-4H3,(H,36,37)/t20?,21?,22-,23-. The van der Waals surface area contributed by atoms with Gasteiger partial charge in [0.25, 0.3) is 0 Å². The fourth-order valence-corrected chi connectivity index (χ4v) is 7.10. The molecule has 2 saturated carbocycles. The summed E-state index contributed by atoms with van der Waals surface area (Å²) in [6.45, 7) is 8.53. The number of carbonyl (C=O) groups excluding carboxylic acids is 1. The predicted molar refractivity (Wildman–Crippen MR) is 157 cm³/mol. The second kappa shape index (κ2) is 11.3. The Morgan fingerprint density at radius 3 is 2.36 bits per heavy atom. The number of fused-ring (bicyclic) bond motifs is 1. The Labute approximate surface area is 235 Å². The largest absolute Gasteiger partial charge is 0.490 e. The number of ether oxygens (including phenoxy) is 1. The number of thiophene rings is 1. The molecule has 0 spiro atoms. The molecule has 0 saturated heterocycles. The van der Waals surface area contributed by atoms with Crippen molar-refractivity contribution in [3.8, 4) is 5.75 Å². The van der Waals surface area contributed by atoms with E-state index in [0.29, 0.717) is 11.6 Å². The van der Waals surface area contributed by atoms with Crippen molar-refractivity contribution in [1.29, 1.82) is 0 Å². The summed E-state index contributed by atoms with van der Waals surface area (Å²) in [5.74, 6) is 0.587. The quantitative estimate of drug-likeness (QED) is 0.339. The Morgan fingerprint density at radius 2 is 1.69 bits per heavy atom. The zero-order valence-electron chi connectivity index (χ0n) is 23.5. The van der Waals surface area contributed by atoms with E-state index in [0.717, 1.165) is 72.9 Å². The van der Waals surface area contributed by atoms with E-state index in [4.69, 9.17) is 4.74 Å². The van der Waals surface area contributed by atoms with Gasteiger partial charge in [-0.05, 0) is 87.0 Å². The fourth-order valence-electron chi connectivity index (χ4n) is 6.06. The third kappa shape index (κ3) is 5.98. The van der Waals surface area contributed by atoms with Crippen molar-refractivity contribution in [3.63, 3.8) is 0 Å². The summed E-state index contributed by atoms with van der Waals surface area (Å²) < 4.78 is 6.47. The highest BCUT2D eigenvalue weighted by molar-refractivity contribution is 7.14. The van der Waals surface area contributed by atoms with Gasteiger partial charge in [-0.25, -0.2) is 4.79 Å². The van der Waals surface area contributed by atoms with Crippen LogP contribution in [0.25, 0.3) is 10.9 Å². The number of aromatic nitrogens is 1. The molecular formula is C32H40N2O4S. The number of pyridine rings is 1. The normalized spacial score (nSPS) is 23.9. The molecule has 7 heteroatoms. The number of nitrogens with zero attached hydrogens (tertiary/aromatic N) is 2. The summed E-state index contributed by atoms with van der Waals surface area (Å²) >= 11 is 1.31. The lowest BCUT2D eigenvalue weighted by atomic mass is 9.81. The molecule has 0 atom stereocenters. The summed E-state index contributed by atoms with van der Waals surface area (Å²) in [5, 5.41) is 11.2. The molecule has 2 heterocycles. The first-order chi connectivity index (χ1) is 18.6. The summed E-state index contributed by atoms with van der Waals surface area (Å²) in [6, 6.07) is 11.9. The number of carboxylic acids is 1. The van der Waals surface area contributed by atoms with Crippen LogP contribution in [0.3, 0.4) is 0 Å². The first-order valence-electron chi connectivity index (χ1n) is 14.3. The van der Waals surface area contributed by atoms with Crippen LogP contribution >= 0.6 is 11.3 Å². The van der Waals surface area contributed by atoms with Crippen molar-refractivity contribution in [2.75, 3.05) is 4.90 Å². The minimum Gasteiger partial charge on any atom is -0.490 e. The van der Waals surface area contributed by atoms with Crippen LogP contribution in [-0.2, 0) is 10.2 Å². The van der Waals surface area contributed by atoms with E-state index in [1.807, 2.05) is 41.3 Å². The molecule has 39 heavy (non-hydrogen) atoms. The first-order valence-corrected chi connectivity index (χ1v) is 15.1. The molecular weight excluding hydrogens is 508 g/mol. The van der Waals surface area contributed by atoms with E-state index in [1.165, 1.54) is 11.3 Å². The van der Waals surface area contributed by atoms with Gasteiger partial charge < -0.3 is 14.7 Å². The molecule has 0 radical (unpaired) electrons. The monoisotopic (exact) mass is 548 g/mol. The topological polar surface area (TPSA) is 79.7 Å². The molecule has 3 aromatic rings. The SMILES string of the molecule is CC1CCC(C(=O)N(c2cc(C(C)(C)C)sc2C(=O)O)[C@H]2CC[C@H](Oc3ccnc4ccccc34)CC2)CC1. The van der Waals surface area contributed by atoms with E-state index >= 15 is 0 Å². The Hall–Kier alpha value is -2.93.